The second-order valence-corrected chi connectivity index (χ2v) is 8.56. The zero-order valence-corrected chi connectivity index (χ0v) is 19.6. The van der Waals surface area contributed by atoms with E-state index in [1.165, 1.54) is 6.08 Å². The van der Waals surface area contributed by atoms with E-state index in [4.69, 9.17) is 25.7 Å². The maximum Gasteiger partial charge on any atom is 0.411 e. The lowest BCUT2D eigenvalue weighted by Crippen LogP contribution is -2.30. The molecule has 0 heterocycles. The molecule has 2 aromatic rings. The Balaban J connectivity index is 1.39. The standard InChI is InChI=1S/C26H29F3N2O5/c27-26(28,29)16-35-21-7-9-22(10-8-21)36-25(33)18-4-1-17(2-5-18)3-12-24(32)34-14-13-19-15-20(30)6-11-23(19)31/h1-6,11-12,15,21-22H,7-10,13-14,16,30-31H2. The summed E-state index contributed by atoms with van der Waals surface area (Å²) in [6, 6.07) is 11.6. The summed E-state index contributed by atoms with van der Waals surface area (Å²) in [4.78, 5) is 24.4. The Bertz CT molecular complexity index is 1060. The number of hydrogen-bond donors (Lipinski definition) is 2. The van der Waals surface area contributed by atoms with Crippen LogP contribution in [0.2, 0.25) is 0 Å². The van der Waals surface area contributed by atoms with Gasteiger partial charge in [-0.3, -0.25) is 0 Å². The number of benzene rings is 2. The average molecular weight is 507 g/mol. The van der Waals surface area contributed by atoms with Gasteiger partial charge in [0.05, 0.1) is 18.3 Å². The third-order valence-corrected chi connectivity index (χ3v) is 5.72. The molecule has 0 aromatic heterocycles. The van der Waals surface area contributed by atoms with Crippen LogP contribution in [0.5, 0.6) is 0 Å². The third kappa shape index (κ3) is 8.92. The van der Waals surface area contributed by atoms with Crippen LogP contribution >= 0.6 is 0 Å². The van der Waals surface area contributed by atoms with Gasteiger partial charge in [0.1, 0.15) is 12.7 Å². The molecule has 4 N–H and O–H groups in total. The highest BCUT2D eigenvalue weighted by atomic mass is 19.4. The molecule has 0 aliphatic heterocycles. The highest BCUT2D eigenvalue weighted by Gasteiger charge is 2.31. The highest BCUT2D eigenvalue weighted by Crippen LogP contribution is 2.26. The number of carbonyl (C=O) groups is 2. The van der Waals surface area contributed by atoms with Crippen molar-refractivity contribution in [2.24, 2.45) is 0 Å². The van der Waals surface area contributed by atoms with E-state index >= 15 is 0 Å². The summed E-state index contributed by atoms with van der Waals surface area (Å²) in [6.45, 7) is -1.11. The number of rotatable bonds is 9. The SMILES string of the molecule is Nc1ccc(N)c(CCOC(=O)C=Cc2ccc(C(=O)OC3CCC(OCC(F)(F)F)CC3)cc2)c1. The first kappa shape index (κ1) is 27.1. The predicted molar refractivity (Wildman–Crippen MR) is 129 cm³/mol. The molecular weight excluding hydrogens is 477 g/mol. The summed E-state index contributed by atoms with van der Waals surface area (Å²) >= 11 is 0. The Morgan fingerprint density at radius 1 is 0.972 bits per heavy atom. The smallest absolute Gasteiger partial charge is 0.411 e. The molecule has 36 heavy (non-hydrogen) atoms. The predicted octanol–water partition coefficient (Wildman–Crippen LogP) is 4.70. The first-order chi connectivity index (χ1) is 17.1. The quantitative estimate of drug-likeness (QED) is 0.288. The number of carbonyl (C=O) groups excluding carboxylic acids is 2. The summed E-state index contributed by atoms with van der Waals surface area (Å²) in [5.41, 5.74) is 14.6. The van der Waals surface area contributed by atoms with E-state index in [2.05, 4.69) is 0 Å². The van der Waals surface area contributed by atoms with Crippen LogP contribution < -0.4 is 11.5 Å². The van der Waals surface area contributed by atoms with Gasteiger partial charge < -0.3 is 25.7 Å². The van der Waals surface area contributed by atoms with Gasteiger partial charge in [-0.1, -0.05) is 12.1 Å². The van der Waals surface area contributed by atoms with Gasteiger partial charge in [-0.05, 0) is 73.2 Å². The lowest BCUT2D eigenvalue weighted by atomic mass is 9.95. The topological polar surface area (TPSA) is 114 Å². The van der Waals surface area contributed by atoms with E-state index in [1.54, 1.807) is 48.5 Å². The van der Waals surface area contributed by atoms with E-state index in [1.807, 2.05) is 0 Å². The molecule has 3 rings (SSSR count). The van der Waals surface area contributed by atoms with Crippen molar-refractivity contribution in [3.8, 4) is 0 Å². The maximum absolute atomic E-state index is 12.4. The molecule has 0 radical (unpaired) electrons. The molecule has 0 amide bonds. The van der Waals surface area contributed by atoms with E-state index in [9.17, 15) is 22.8 Å². The van der Waals surface area contributed by atoms with Crippen molar-refractivity contribution >= 4 is 29.4 Å². The normalized spacial score (nSPS) is 18.2. The van der Waals surface area contributed by atoms with Gasteiger partial charge in [0.25, 0.3) is 0 Å². The van der Waals surface area contributed by atoms with Crippen molar-refractivity contribution in [3.05, 3.63) is 65.2 Å². The Kier molecular flexibility index (Phi) is 9.35. The van der Waals surface area contributed by atoms with Crippen LogP contribution in [0.25, 0.3) is 6.08 Å². The van der Waals surface area contributed by atoms with Crippen LogP contribution in [0.3, 0.4) is 0 Å². The second-order valence-electron chi connectivity index (χ2n) is 8.56. The Morgan fingerprint density at radius 3 is 2.31 bits per heavy atom. The number of esters is 2. The van der Waals surface area contributed by atoms with Crippen LogP contribution in [-0.2, 0) is 25.4 Å². The summed E-state index contributed by atoms with van der Waals surface area (Å²) in [5.74, 6) is -1.03. The molecule has 0 atom stereocenters. The molecule has 1 saturated carbocycles. The Hall–Kier alpha value is -3.53. The molecule has 7 nitrogen and oxygen atoms in total. The van der Waals surface area contributed by atoms with E-state index in [0.29, 0.717) is 54.6 Å². The van der Waals surface area contributed by atoms with Crippen LogP contribution in [0, 0.1) is 0 Å². The van der Waals surface area contributed by atoms with Gasteiger partial charge in [0, 0.05) is 23.9 Å². The third-order valence-electron chi connectivity index (χ3n) is 5.72. The van der Waals surface area contributed by atoms with Crippen LogP contribution in [-0.4, -0.2) is 43.5 Å². The number of alkyl halides is 3. The number of hydrogen-bond acceptors (Lipinski definition) is 7. The van der Waals surface area contributed by atoms with E-state index < -0.39 is 30.8 Å². The molecule has 0 bridgehead atoms. The number of ether oxygens (including phenoxy) is 3. The minimum absolute atomic E-state index is 0.151. The summed E-state index contributed by atoms with van der Waals surface area (Å²) < 4.78 is 52.3. The fraction of sp³-hybridized carbons (Fsp3) is 0.385. The average Bonchev–Trinajstić information content (AvgIpc) is 2.84. The van der Waals surface area contributed by atoms with Crippen LogP contribution in [0.15, 0.2) is 48.5 Å². The maximum atomic E-state index is 12.4. The lowest BCUT2D eigenvalue weighted by Gasteiger charge is -2.28. The van der Waals surface area contributed by atoms with E-state index in [-0.39, 0.29) is 12.7 Å². The number of nitrogens with two attached hydrogens (primary N) is 2. The van der Waals surface area contributed by atoms with Crippen molar-refractivity contribution < 1.29 is 37.0 Å². The van der Waals surface area contributed by atoms with Gasteiger partial charge in [-0.2, -0.15) is 13.2 Å². The molecule has 0 spiro atoms. The molecule has 0 saturated heterocycles. The van der Waals surface area contributed by atoms with Gasteiger partial charge in [0.2, 0.25) is 0 Å². The summed E-state index contributed by atoms with van der Waals surface area (Å²) in [7, 11) is 0. The lowest BCUT2D eigenvalue weighted by molar-refractivity contribution is -0.189. The van der Waals surface area contributed by atoms with Gasteiger partial charge in [-0.15, -0.1) is 0 Å². The fourth-order valence-corrected chi connectivity index (χ4v) is 3.79. The van der Waals surface area contributed by atoms with Gasteiger partial charge in [-0.25, -0.2) is 9.59 Å². The molecule has 1 fully saturated rings. The van der Waals surface area contributed by atoms with Gasteiger partial charge >= 0.3 is 18.1 Å². The molecule has 1 aliphatic rings. The molecule has 10 heteroatoms. The zero-order valence-electron chi connectivity index (χ0n) is 19.6. The number of nitrogen functional groups attached to an aromatic ring is 2. The zero-order chi connectivity index (χ0) is 26.1. The van der Waals surface area contributed by atoms with Crippen molar-refractivity contribution in [1.29, 1.82) is 0 Å². The molecule has 194 valence electrons. The summed E-state index contributed by atoms with van der Waals surface area (Å²) in [6.07, 6.45) is -0.198. The minimum Gasteiger partial charge on any atom is -0.462 e. The van der Waals surface area contributed by atoms with E-state index in [0.717, 1.165) is 5.56 Å². The Morgan fingerprint density at radius 2 is 1.64 bits per heavy atom. The first-order valence-corrected chi connectivity index (χ1v) is 11.6. The Labute approximate surface area is 207 Å². The monoisotopic (exact) mass is 506 g/mol. The second kappa shape index (κ2) is 12.4. The van der Waals surface area contributed by atoms with Crippen molar-refractivity contribution in [3.63, 3.8) is 0 Å². The fourth-order valence-electron chi connectivity index (χ4n) is 3.79. The summed E-state index contributed by atoms with van der Waals surface area (Å²) in [5, 5.41) is 0. The van der Waals surface area contributed by atoms with Crippen molar-refractivity contribution in [1.82, 2.24) is 0 Å². The number of anilines is 2. The first-order valence-electron chi connectivity index (χ1n) is 11.6. The molecule has 2 aromatic carbocycles. The molecule has 1 aliphatic carbocycles. The van der Waals surface area contributed by atoms with Gasteiger partial charge in [0.15, 0.2) is 0 Å². The highest BCUT2D eigenvalue weighted by molar-refractivity contribution is 5.90. The minimum atomic E-state index is -4.35. The molecule has 0 unspecified atom stereocenters. The van der Waals surface area contributed by atoms with Crippen molar-refractivity contribution in [2.75, 3.05) is 24.7 Å². The largest absolute Gasteiger partial charge is 0.462 e. The van der Waals surface area contributed by atoms with Crippen molar-refractivity contribution in [2.45, 2.75) is 50.5 Å². The molecular formula is C26H29F3N2O5. The van der Waals surface area contributed by atoms with Crippen LogP contribution in [0.1, 0.15) is 47.2 Å². The number of halogens is 3. The van der Waals surface area contributed by atoms with Crippen LogP contribution in [0.4, 0.5) is 24.5 Å².